The molecule has 0 fully saturated rings. The van der Waals surface area contributed by atoms with Crippen LogP contribution in [0.5, 0.6) is 0 Å². The Balaban J connectivity index is 1.56. The Morgan fingerprint density at radius 1 is 1.08 bits per heavy atom. The van der Waals surface area contributed by atoms with E-state index in [0.29, 0.717) is 17.3 Å². The van der Waals surface area contributed by atoms with E-state index in [0.717, 1.165) is 5.56 Å². The Bertz CT molecular complexity index is 901. The Labute approximate surface area is 147 Å². The number of carboxylic acids is 1. The van der Waals surface area contributed by atoms with E-state index in [4.69, 9.17) is 16.7 Å². The average molecular weight is 360 g/mol. The zero-order chi connectivity index (χ0) is 17.8. The molecule has 25 heavy (non-hydrogen) atoms. The second kappa shape index (κ2) is 7.18. The van der Waals surface area contributed by atoms with Crippen LogP contribution in [0.25, 0.3) is 0 Å². The SMILES string of the molecule is O=C(Cn1cc(C(=O)O)cn1)Nc1ccc(Cn2cc(Cl)cn2)cc1. The predicted octanol–water partition coefficient (Wildman–Crippen LogP) is 2.12. The van der Waals surface area contributed by atoms with Crippen LogP contribution in [-0.2, 0) is 17.9 Å². The molecule has 0 saturated heterocycles. The van der Waals surface area contributed by atoms with Gasteiger partial charge in [-0.15, -0.1) is 0 Å². The molecule has 8 nitrogen and oxygen atoms in total. The van der Waals surface area contributed by atoms with Gasteiger partial charge < -0.3 is 10.4 Å². The zero-order valence-corrected chi connectivity index (χ0v) is 13.7. The molecule has 2 heterocycles. The van der Waals surface area contributed by atoms with Gasteiger partial charge in [-0.1, -0.05) is 23.7 Å². The summed E-state index contributed by atoms with van der Waals surface area (Å²) in [5, 5.41) is 20.1. The van der Waals surface area contributed by atoms with Crippen molar-refractivity contribution in [3.05, 3.63) is 65.2 Å². The molecule has 3 aromatic rings. The quantitative estimate of drug-likeness (QED) is 0.701. The lowest BCUT2D eigenvalue weighted by atomic mass is 10.2. The lowest BCUT2D eigenvalue weighted by Crippen LogP contribution is -2.19. The molecule has 9 heteroatoms. The van der Waals surface area contributed by atoms with Gasteiger partial charge in [-0.05, 0) is 17.7 Å². The summed E-state index contributed by atoms with van der Waals surface area (Å²) >= 11 is 5.82. The van der Waals surface area contributed by atoms with Crippen molar-refractivity contribution in [1.82, 2.24) is 19.6 Å². The molecule has 0 bridgehead atoms. The van der Waals surface area contributed by atoms with Crippen LogP contribution >= 0.6 is 11.6 Å². The van der Waals surface area contributed by atoms with E-state index in [1.165, 1.54) is 17.1 Å². The van der Waals surface area contributed by atoms with Crippen molar-refractivity contribution in [2.45, 2.75) is 13.1 Å². The van der Waals surface area contributed by atoms with Gasteiger partial charge in [0.1, 0.15) is 6.54 Å². The number of hydrogen-bond donors (Lipinski definition) is 2. The van der Waals surface area contributed by atoms with Crippen LogP contribution in [0.15, 0.2) is 49.1 Å². The molecule has 1 aromatic carbocycles. The monoisotopic (exact) mass is 359 g/mol. The van der Waals surface area contributed by atoms with Gasteiger partial charge in [0.05, 0.1) is 29.5 Å². The van der Waals surface area contributed by atoms with Crippen molar-refractivity contribution < 1.29 is 14.7 Å². The summed E-state index contributed by atoms with van der Waals surface area (Å²) in [6.45, 7) is 0.507. The number of aromatic nitrogens is 4. The Morgan fingerprint density at radius 3 is 2.40 bits per heavy atom. The highest BCUT2D eigenvalue weighted by Gasteiger charge is 2.09. The van der Waals surface area contributed by atoms with Crippen LogP contribution < -0.4 is 5.32 Å². The largest absolute Gasteiger partial charge is 0.478 e. The van der Waals surface area contributed by atoms with Crippen LogP contribution in [-0.4, -0.2) is 36.5 Å². The first kappa shape index (κ1) is 16.7. The van der Waals surface area contributed by atoms with Gasteiger partial charge in [0.15, 0.2) is 0 Å². The smallest absolute Gasteiger partial charge is 0.338 e. The van der Waals surface area contributed by atoms with Crippen LogP contribution in [0, 0.1) is 0 Å². The maximum absolute atomic E-state index is 12.0. The van der Waals surface area contributed by atoms with Crippen LogP contribution in [0.1, 0.15) is 15.9 Å². The second-order valence-electron chi connectivity index (χ2n) is 5.33. The van der Waals surface area contributed by atoms with Gasteiger partial charge >= 0.3 is 5.97 Å². The van der Waals surface area contributed by atoms with E-state index in [-0.39, 0.29) is 18.0 Å². The maximum Gasteiger partial charge on any atom is 0.338 e. The third-order valence-electron chi connectivity index (χ3n) is 3.37. The molecule has 0 spiro atoms. The maximum atomic E-state index is 12.0. The third-order valence-corrected chi connectivity index (χ3v) is 3.56. The summed E-state index contributed by atoms with van der Waals surface area (Å²) in [6, 6.07) is 7.32. The van der Waals surface area contributed by atoms with E-state index in [1.54, 1.807) is 29.2 Å². The molecule has 128 valence electrons. The van der Waals surface area contributed by atoms with Gasteiger partial charge in [-0.25, -0.2) is 4.79 Å². The van der Waals surface area contributed by atoms with E-state index >= 15 is 0 Å². The highest BCUT2D eigenvalue weighted by atomic mass is 35.5. The molecular weight excluding hydrogens is 346 g/mol. The number of benzene rings is 1. The first-order chi connectivity index (χ1) is 12.0. The first-order valence-corrected chi connectivity index (χ1v) is 7.70. The number of aromatic carboxylic acids is 1. The molecule has 2 N–H and O–H groups in total. The van der Waals surface area contributed by atoms with Gasteiger partial charge in [0, 0.05) is 18.1 Å². The molecule has 0 aliphatic heterocycles. The number of anilines is 1. The van der Waals surface area contributed by atoms with E-state index in [2.05, 4.69) is 15.5 Å². The molecule has 3 rings (SSSR count). The molecule has 0 aliphatic rings. The summed E-state index contributed by atoms with van der Waals surface area (Å²) in [7, 11) is 0. The standard InChI is InChI=1S/C16H14ClN5O3/c17-13-6-19-21(9-13)7-11-1-3-14(4-2-11)20-15(23)10-22-8-12(5-18-22)16(24)25/h1-6,8-9H,7,10H2,(H,20,23)(H,24,25). The van der Waals surface area contributed by atoms with Crippen molar-refractivity contribution in [3.8, 4) is 0 Å². The van der Waals surface area contributed by atoms with Gasteiger partial charge in [0.25, 0.3) is 0 Å². The summed E-state index contributed by atoms with van der Waals surface area (Å²) < 4.78 is 2.99. The number of amides is 1. The van der Waals surface area contributed by atoms with E-state index < -0.39 is 5.97 Å². The number of carboxylic acid groups (broad SMARTS) is 1. The van der Waals surface area contributed by atoms with Crippen molar-refractivity contribution in [2.75, 3.05) is 5.32 Å². The highest BCUT2D eigenvalue weighted by Crippen LogP contribution is 2.12. The van der Waals surface area contributed by atoms with Crippen LogP contribution in [0.3, 0.4) is 0 Å². The third kappa shape index (κ3) is 4.45. The molecule has 0 radical (unpaired) electrons. The number of halogens is 1. The zero-order valence-electron chi connectivity index (χ0n) is 13.0. The fraction of sp³-hybridized carbons (Fsp3) is 0.125. The molecule has 2 aromatic heterocycles. The Hall–Kier alpha value is -3.13. The second-order valence-corrected chi connectivity index (χ2v) is 5.77. The average Bonchev–Trinajstić information content (AvgIpc) is 3.18. The summed E-state index contributed by atoms with van der Waals surface area (Å²) in [6.07, 6.45) is 5.81. The van der Waals surface area contributed by atoms with Gasteiger partial charge in [-0.2, -0.15) is 10.2 Å². The van der Waals surface area contributed by atoms with Crippen LogP contribution in [0.4, 0.5) is 5.69 Å². The molecule has 1 amide bonds. The minimum absolute atomic E-state index is 0.0378. The molecule has 0 unspecified atom stereocenters. The number of carbonyl (C=O) groups is 2. The Morgan fingerprint density at radius 2 is 1.80 bits per heavy atom. The number of hydrogen-bond acceptors (Lipinski definition) is 4. The van der Waals surface area contributed by atoms with Gasteiger partial charge in [0.2, 0.25) is 5.91 Å². The fourth-order valence-corrected chi connectivity index (χ4v) is 2.37. The van der Waals surface area contributed by atoms with Crippen molar-refractivity contribution >= 4 is 29.2 Å². The molecule has 0 aliphatic carbocycles. The summed E-state index contributed by atoms with van der Waals surface area (Å²) in [5.74, 6) is -1.38. The fourth-order valence-electron chi connectivity index (χ4n) is 2.21. The lowest BCUT2D eigenvalue weighted by molar-refractivity contribution is -0.116. The molecule has 0 saturated carbocycles. The van der Waals surface area contributed by atoms with Crippen LogP contribution in [0.2, 0.25) is 5.02 Å². The van der Waals surface area contributed by atoms with Crippen molar-refractivity contribution in [1.29, 1.82) is 0 Å². The normalized spacial score (nSPS) is 10.6. The lowest BCUT2D eigenvalue weighted by Gasteiger charge is -2.07. The number of nitrogens with one attached hydrogen (secondary N) is 1. The summed E-state index contributed by atoms with van der Waals surface area (Å²) in [4.78, 5) is 22.8. The van der Waals surface area contributed by atoms with Crippen molar-refractivity contribution in [2.24, 2.45) is 0 Å². The first-order valence-electron chi connectivity index (χ1n) is 7.32. The molecule has 0 atom stereocenters. The minimum atomic E-state index is -1.08. The van der Waals surface area contributed by atoms with E-state index in [9.17, 15) is 9.59 Å². The van der Waals surface area contributed by atoms with Gasteiger partial charge in [-0.3, -0.25) is 14.2 Å². The van der Waals surface area contributed by atoms with Crippen molar-refractivity contribution in [3.63, 3.8) is 0 Å². The molecular formula is C16H14ClN5O3. The minimum Gasteiger partial charge on any atom is -0.478 e. The van der Waals surface area contributed by atoms with E-state index in [1.807, 2.05) is 12.1 Å². The number of nitrogens with zero attached hydrogens (tertiary/aromatic N) is 4. The number of carbonyl (C=O) groups excluding carboxylic acids is 1. The number of rotatable bonds is 6. The Kier molecular flexibility index (Phi) is 4.80. The topological polar surface area (TPSA) is 102 Å². The summed E-state index contributed by atoms with van der Waals surface area (Å²) in [5.41, 5.74) is 1.68. The highest BCUT2D eigenvalue weighted by molar-refractivity contribution is 6.30. The predicted molar refractivity (Wildman–Crippen MR) is 90.6 cm³/mol.